The molecular weight excluding hydrogens is 290 g/mol. The summed E-state index contributed by atoms with van der Waals surface area (Å²) >= 11 is 0. The van der Waals surface area contributed by atoms with Crippen LogP contribution in [-0.4, -0.2) is 24.4 Å². The molecule has 0 aromatic heterocycles. The molecule has 2 amide bonds. The van der Waals surface area contributed by atoms with Gasteiger partial charge in [0, 0.05) is 37.7 Å². The van der Waals surface area contributed by atoms with Crippen molar-refractivity contribution in [1.29, 1.82) is 0 Å². The van der Waals surface area contributed by atoms with Crippen molar-refractivity contribution in [2.24, 2.45) is 5.73 Å². The Morgan fingerprint density at radius 3 is 2.57 bits per heavy atom. The van der Waals surface area contributed by atoms with E-state index < -0.39 is 0 Å². The highest BCUT2D eigenvalue weighted by molar-refractivity contribution is 5.95. The van der Waals surface area contributed by atoms with Crippen LogP contribution < -0.4 is 16.0 Å². The summed E-state index contributed by atoms with van der Waals surface area (Å²) in [5.41, 5.74) is 7.51. The van der Waals surface area contributed by atoms with Crippen LogP contribution in [-0.2, 0) is 16.1 Å². The minimum absolute atomic E-state index is 0. The largest absolute Gasteiger partial charge is 0.352 e. The molecule has 21 heavy (non-hydrogen) atoms. The van der Waals surface area contributed by atoms with Gasteiger partial charge in [-0.25, -0.2) is 0 Å². The number of nitrogens with zero attached hydrogens (tertiary/aromatic N) is 1. The van der Waals surface area contributed by atoms with Gasteiger partial charge in [0.2, 0.25) is 11.8 Å². The van der Waals surface area contributed by atoms with E-state index in [1.807, 2.05) is 24.3 Å². The molecule has 0 saturated carbocycles. The number of benzene rings is 1. The number of anilines is 1. The van der Waals surface area contributed by atoms with Gasteiger partial charge in [-0.15, -0.1) is 12.4 Å². The fraction of sp³-hybridized carbons (Fsp3) is 0.467. The molecule has 6 heteroatoms. The molecule has 1 aliphatic rings. The SMILES string of the molecule is CC(N)CC(=O)NCc1ccc(N2CCCC2=O)cc1.Cl. The van der Waals surface area contributed by atoms with Crippen molar-refractivity contribution < 1.29 is 9.59 Å². The average Bonchev–Trinajstić information content (AvgIpc) is 2.82. The molecule has 116 valence electrons. The summed E-state index contributed by atoms with van der Waals surface area (Å²) in [5, 5.41) is 2.83. The summed E-state index contributed by atoms with van der Waals surface area (Å²) in [6, 6.07) is 7.60. The van der Waals surface area contributed by atoms with Gasteiger partial charge in [-0.05, 0) is 31.0 Å². The van der Waals surface area contributed by atoms with Crippen molar-refractivity contribution in [3.63, 3.8) is 0 Å². The Kier molecular flexibility index (Phi) is 6.65. The maximum Gasteiger partial charge on any atom is 0.227 e. The monoisotopic (exact) mass is 311 g/mol. The number of hydrogen-bond acceptors (Lipinski definition) is 3. The first-order valence-corrected chi connectivity index (χ1v) is 6.98. The van der Waals surface area contributed by atoms with Gasteiger partial charge in [-0.1, -0.05) is 12.1 Å². The highest BCUT2D eigenvalue weighted by Crippen LogP contribution is 2.21. The van der Waals surface area contributed by atoms with Crippen LogP contribution in [0.2, 0.25) is 0 Å². The Bertz CT molecular complexity index is 488. The van der Waals surface area contributed by atoms with Crippen LogP contribution in [0.25, 0.3) is 0 Å². The molecule has 1 fully saturated rings. The van der Waals surface area contributed by atoms with E-state index in [9.17, 15) is 9.59 Å². The first-order valence-electron chi connectivity index (χ1n) is 6.98. The third kappa shape index (κ3) is 5.02. The first-order chi connectivity index (χ1) is 9.56. The molecule has 0 bridgehead atoms. The third-order valence-electron chi connectivity index (χ3n) is 3.32. The lowest BCUT2D eigenvalue weighted by atomic mass is 10.2. The Labute approximate surface area is 131 Å². The summed E-state index contributed by atoms with van der Waals surface area (Å²) in [5.74, 6) is 0.141. The molecule has 1 atom stereocenters. The standard InChI is InChI=1S/C15H21N3O2.ClH/c1-11(16)9-14(19)17-10-12-4-6-13(7-5-12)18-8-2-3-15(18)20;/h4-7,11H,2-3,8-10,16H2,1H3,(H,17,19);1H. The van der Waals surface area contributed by atoms with E-state index in [0.29, 0.717) is 19.4 Å². The maximum absolute atomic E-state index is 11.6. The molecule has 5 nitrogen and oxygen atoms in total. The fourth-order valence-corrected chi connectivity index (χ4v) is 2.28. The van der Waals surface area contributed by atoms with Crippen molar-refractivity contribution in [2.75, 3.05) is 11.4 Å². The van der Waals surface area contributed by atoms with E-state index >= 15 is 0 Å². The number of rotatable bonds is 5. The van der Waals surface area contributed by atoms with Crippen LogP contribution in [0.1, 0.15) is 31.7 Å². The number of nitrogens with two attached hydrogens (primary N) is 1. The normalized spacial score (nSPS) is 15.5. The summed E-state index contributed by atoms with van der Waals surface area (Å²) in [7, 11) is 0. The van der Waals surface area contributed by atoms with E-state index in [-0.39, 0.29) is 30.3 Å². The molecule has 0 aliphatic carbocycles. The topological polar surface area (TPSA) is 75.4 Å². The number of carbonyl (C=O) groups is 2. The number of nitrogens with one attached hydrogen (secondary N) is 1. The lowest BCUT2D eigenvalue weighted by molar-refractivity contribution is -0.121. The molecule has 0 radical (unpaired) electrons. The predicted octanol–water partition coefficient (Wildman–Crippen LogP) is 1.59. The van der Waals surface area contributed by atoms with Crippen molar-refractivity contribution in [3.8, 4) is 0 Å². The molecule has 3 N–H and O–H groups in total. The van der Waals surface area contributed by atoms with Crippen LogP contribution >= 0.6 is 12.4 Å². The van der Waals surface area contributed by atoms with Gasteiger partial charge in [0.1, 0.15) is 0 Å². The zero-order chi connectivity index (χ0) is 14.5. The Morgan fingerprint density at radius 2 is 2.05 bits per heavy atom. The van der Waals surface area contributed by atoms with E-state index in [2.05, 4.69) is 5.32 Å². The van der Waals surface area contributed by atoms with Gasteiger partial charge in [-0.3, -0.25) is 9.59 Å². The van der Waals surface area contributed by atoms with Gasteiger partial charge in [0.25, 0.3) is 0 Å². The smallest absolute Gasteiger partial charge is 0.227 e. The molecule has 1 unspecified atom stereocenters. The Balaban J connectivity index is 0.00000220. The van der Waals surface area contributed by atoms with Gasteiger partial charge >= 0.3 is 0 Å². The third-order valence-corrected chi connectivity index (χ3v) is 3.32. The molecule has 0 spiro atoms. The number of amides is 2. The zero-order valence-corrected chi connectivity index (χ0v) is 13.0. The molecular formula is C15H22ClN3O2. The number of halogens is 1. The minimum Gasteiger partial charge on any atom is -0.352 e. The molecule has 1 aromatic rings. The lowest BCUT2D eigenvalue weighted by Gasteiger charge is -2.16. The van der Waals surface area contributed by atoms with Crippen molar-refractivity contribution in [1.82, 2.24) is 5.32 Å². The number of carbonyl (C=O) groups excluding carboxylic acids is 2. The Hall–Kier alpha value is -1.59. The highest BCUT2D eigenvalue weighted by atomic mass is 35.5. The van der Waals surface area contributed by atoms with Gasteiger partial charge in [0.05, 0.1) is 0 Å². The average molecular weight is 312 g/mol. The van der Waals surface area contributed by atoms with Crippen molar-refractivity contribution >= 4 is 29.9 Å². The van der Waals surface area contributed by atoms with Crippen LogP contribution in [0.4, 0.5) is 5.69 Å². The predicted molar refractivity (Wildman–Crippen MR) is 85.4 cm³/mol. The Morgan fingerprint density at radius 1 is 1.38 bits per heavy atom. The highest BCUT2D eigenvalue weighted by Gasteiger charge is 2.21. The van der Waals surface area contributed by atoms with E-state index in [4.69, 9.17) is 5.73 Å². The summed E-state index contributed by atoms with van der Waals surface area (Å²) < 4.78 is 0. The van der Waals surface area contributed by atoms with Crippen LogP contribution in [0.5, 0.6) is 0 Å². The molecule has 2 rings (SSSR count). The minimum atomic E-state index is -0.126. The van der Waals surface area contributed by atoms with Crippen LogP contribution in [0.15, 0.2) is 24.3 Å². The summed E-state index contributed by atoms with van der Waals surface area (Å²) in [6.45, 7) is 3.09. The maximum atomic E-state index is 11.6. The summed E-state index contributed by atoms with van der Waals surface area (Å²) in [4.78, 5) is 24.9. The van der Waals surface area contributed by atoms with Crippen molar-refractivity contribution in [2.45, 2.75) is 38.8 Å². The second-order valence-electron chi connectivity index (χ2n) is 5.27. The van der Waals surface area contributed by atoms with E-state index in [0.717, 1.165) is 24.2 Å². The quantitative estimate of drug-likeness (QED) is 0.867. The van der Waals surface area contributed by atoms with Crippen molar-refractivity contribution in [3.05, 3.63) is 29.8 Å². The van der Waals surface area contributed by atoms with Crippen LogP contribution in [0.3, 0.4) is 0 Å². The van der Waals surface area contributed by atoms with Crippen LogP contribution in [0, 0.1) is 0 Å². The molecule has 1 aromatic carbocycles. The van der Waals surface area contributed by atoms with E-state index in [1.54, 1.807) is 11.8 Å². The van der Waals surface area contributed by atoms with Gasteiger partial charge < -0.3 is 16.0 Å². The lowest BCUT2D eigenvalue weighted by Crippen LogP contribution is -2.29. The zero-order valence-electron chi connectivity index (χ0n) is 12.2. The van der Waals surface area contributed by atoms with Gasteiger partial charge in [-0.2, -0.15) is 0 Å². The number of hydrogen-bond donors (Lipinski definition) is 2. The van der Waals surface area contributed by atoms with Gasteiger partial charge in [0.15, 0.2) is 0 Å². The molecule has 1 saturated heterocycles. The van der Waals surface area contributed by atoms with E-state index in [1.165, 1.54) is 0 Å². The second-order valence-corrected chi connectivity index (χ2v) is 5.27. The molecule has 1 heterocycles. The molecule has 1 aliphatic heterocycles. The second kappa shape index (κ2) is 8.00. The fourth-order valence-electron chi connectivity index (χ4n) is 2.28. The summed E-state index contributed by atoms with van der Waals surface area (Å²) in [6.07, 6.45) is 1.89. The first kappa shape index (κ1) is 17.5.